The van der Waals surface area contributed by atoms with Crippen molar-refractivity contribution in [3.8, 4) is 0 Å². The Balaban J connectivity index is 2.39. The number of rotatable bonds is 6. The Morgan fingerprint density at radius 2 is 2.40 bits per heavy atom. The summed E-state index contributed by atoms with van der Waals surface area (Å²) in [4.78, 5) is 3.73. The monoisotopic (exact) mass is 243 g/mol. The van der Waals surface area contributed by atoms with Gasteiger partial charge in [0, 0.05) is 23.3 Å². The van der Waals surface area contributed by atoms with Crippen LogP contribution in [0.5, 0.6) is 0 Å². The highest BCUT2D eigenvalue weighted by Gasteiger charge is 2.10. The zero-order valence-corrected chi connectivity index (χ0v) is 10.9. The largest absolute Gasteiger partial charge is 0.299 e. The van der Waals surface area contributed by atoms with Gasteiger partial charge in [-0.1, -0.05) is 12.6 Å². The highest BCUT2D eigenvalue weighted by molar-refractivity contribution is 7.09. The minimum absolute atomic E-state index is 0.531. The topological polar surface area (TPSA) is 3.24 Å². The molecule has 0 radical (unpaired) electrons. The quantitative estimate of drug-likeness (QED) is 0.547. The standard InChI is InChI=1S/C12H18ClNS/c1-10(8-13)9-14(3)11(2)7-12-5-4-6-15-12/h4-6,11H,1,7-9H2,2-3H3. The van der Waals surface area contributed by atoms with Gasteiger partial charge < -0.3 is 0 Å². The van der Waals surface area contributed by atoms with Crippen LogP contribution in [0, 0.1) is 0 Å². The van der Waals surface area contributed by atoms with Crippen molar-refractivity contribution >= 4 is 22.9 Å². The van der Waals surface area contributed by atoms with E-state index in [1.54, 1.807) is 0 Å². The Morgan fingerprint density at radius 1 is 1.67 bits per heavy atom. The molecule has 0 aliphatic rings. The fraction of sp³-hybridized carbons (Fsp3) is 0.500. The molecule has 0 spiro atoms. The average Bonchev–Trinajstić information content (AvgIpc) is 2.70. The predicted molar refractivity (Wildman–Crippen MR) is 70.0 cm³/mol. The summed E-state index contributed by atoms with van der Waals surface area (Å²) in [6.07, 6.45) is 1.10. The maximum atomic E-state index is 5.72. The highest BCUT2D eigenvalue weighted by atomic mass is 35.5. The molecule has 1 aromatic heterocycles. The number of likely N-dealkylation sites (N-methyl/N-ethyl adjacent to an activating group) is 1. The van der Waals surface area contributed by atoms with E-state index >= 15 is 0 Å². The summed E-state index contributed by atoms with van der Waals surface area (Å²) in [6, 6.07) is 4.82. The number of hydrogen-bond acceptors (Lipinski definition) is 2. The molecule has 1 nitrogen and oxygen atoms in total. The van der Waals surface area contributed by atoms with Crippen molar-refractivity contribution < 1.29 is 0 Å². The Labute approximate surface area is 101 Å². The van der Waals surface area contributed by atoms with Crippen molar-refractivity contribution in [2.75, 3.05) is 19.5 Å². The van der Waals surface area contributed by atoms with E-state index in [1.807, 2.05) is 11.3 Å². The zero-order valence-electron chi connectivity index (χ0n) is 9.37. The number of alkyl halides is 1. The van der Waals surface area contributed by atoms with Crippen LogP contribution in [-0.4, -0.2) is 30.4 Å². The van der Waals surface area contributed by atoms with Crippen molar-refractivity contribution in [1.82, 2.24) is 4.90 Å². The van der Waals surface area contributed by atoms with Crippen LogP contribution in [0.25, 0.3) is 0 Å². The lowest BCUT2D eigenvalue weighted by Crippen LogP contribution is -2.32. The third kappa shape index (κ3) is 4.37. The molecule has 84 valence electrons. The van der Waals surface area contributed by atoms with Crippen molar-refractivity contribution in [3.63, 3.8) is 0 Å². The van der Waals surface area contributed by atoms with E-state index in [-0.39, 0.29) is 0 Å². The molecular weight excluding hydrogens is 226 g/mol. The first kappa shape index (κ1) is 12.8. The van der Waals surface area contributed by atoms with E-state index in [2.05, 4.69) is 43.0 Å². The first-order valence-corrected chi connectivity index (χ1v) is 6.50. The molecule has 0 saturated heterocycles. The van der Waals surface area contributed by atoms with Gasteiger partial charge in [0.1, 0.15) is 0 Å². The maximum Gasteiger partial charge on any atom is 0.0443 e. The van der Waals surface area contributed by atoms with Crippen LogP contribution in [0.15, 0.2) is 29.7 Å². The zero-order chi connectivity index (χ0) is 11.3. The van der Waals surface area contributed by atoms with Gasteiger partial charge in [0.15, 0.2) is 0 Å². The van der Waals surface area contributed by atoms with Crippen LogP contribution in [0.3, 0.4) is 0 Å². The highest BCUT2D eigenvalue weighted by Crippen LogP contribution is 2.14. The summed E-state index contributed by atoms with van der Waals surface area (Å²) in [5, 5.41) is 2.12. The average molecular weight is 244 g/mol. The van der Waals surface area contributed by atoms with E-state index in [0.717, 1.165) is 18.5 Å². The third-order valence-corrected chi connectivity index (χ3v) is 3.77. The second-order valence-electron chi connectivity index (χ2n) is 3.93. The molecule has 3 heteroatoms. The third-order valence-electron chi connectivity index (χ3n) is 2.49. The summed E-state index contributed by atoms with van der Waals surface area (Å²) < 4.78 is 0. The molecule has 1 heterocycles. The number of thiophene rings is 1. The lowest BCUT2D eigenvalue weighted by molar-refractivity contribution is 0.278. The molecule has 0 fully saturated rings. The van der Waals surface area contributed by atoms with E-state index in [0.29, 0.717) is 11.9 Å². The van der Waals surface area contributed by atoms with Crippen molar-refractivity contribution in [1.29, 1.82) is 0 Å². The molecule has 1 rings (SSSR count). The normalized spacial score (nSPS) is 13.1. The molecule has 1 unspecified atom stereocenters. The SMILES string of the molecule is C=C(CCl)CN(C)C(C)Cc1cccs1. The van der Waals surface area contributed by atoms with Crippen molar-refractivity contribution in [2.24, 2.45) is 0 Å². The Kier molecular flexibility index (Phi) is 5.37. The van der Waals surface area contributed by atoms with Gasteiger partial charge in [0.25, 0.3) is 0 Å². The van der Waals surface area contributed by atoms with Crippen LogP contribution in [0.1, 0.15) is 11.8 Å². The van der Waals surface area contributed by atoms with E-state index in [4.69, 9.17) is 11.6 Å². The number of hydrogen-bond donors (Lipinski definition) is 0. The Morgan fingerprint density at radius 3 is 2.93 bits per heavy atom. The predicted octanol–water partition coefficient (Wildman–Crippen LogP) is 3.41. The van der Waals surface area contributed by atoms with Crippen LogP contribution in [0.4, 0.5) is 0 Å². The van der Waals surface area contributed by atoms with Crippen LogP contribution in [0.2, 0.25) is 0 Å². The van der Waals surface area contributed by atoms with Gasteiger partial charge in [0.2, 0.25) is 0 Å². The summed E-state index contributed by atoms with van der Waals surface area (Å²) in [6.45, 7) is 7.04. The molecule has 0 aliphatic heterocycles. The summed E-state index contributed by atoms with van der Waals surface area (Å²) in [5.74, 6) is 0.552. The van der Waals surface area contributed by atoms with Gasteiger partial charge in [-0.2, -0.15) is 0 Å². The molecule has 0 amide bonds. The Hall–Kier alpha value is -0.310. The van der Waals surface area contributed by atoms with Crippen molar-refractivity contribution in [2.45, 2.75) is 19.4 Å². The molecule has 0 saturated carbocycles. The summed E-state index contributed by atoms with van der Waals surface area (Å²) >= 11 is 7.54. The minimum atomic E-state index is 0.531. The fourth-order valence-corrected chi connectivity index (χ4v) is 2.34. The molecule has 0 bridgehead atoms. The van der Waals surface area contributed by atoms with E-state index < -0.39 is 0 Å². The van der Waals surface area contributed by atoms with E-state index in [9.17, 15) is 0 Å². The second-order valence-corrected chi connectivity index (χ2v) is 5.23. The smallest absolute Gasteiger partial charge is 0.0443 e. The van der Waals surface area contributed by atoms with Gasteiger partial charge in [-0.05, 0) is 37.4 Å². The van der Waals surface area contributed by atoms with Gasteiger partial charge in [0.05, 0.1) is 0 Å². The molecule has 15 heavy (non-hydrogen) atoms. The molecule has 0 aliphatic carbocycles. The molecule has 1 atom stereocenters. The fourth-order valence-electron chi connectivity index (χ4n) is 1.43. The lowest BCUT2D eigenvalue weighted by Gasteiger charge is -2.24. The second kappa shape index (κ2) is 6.31. The van der Waals surface area contributed by atoms with Crippen LogP contribution in [-0.2, 0) is 6.42 Å². The summed E-state index contributed by atoms with van der Waals surface area (Å²) in [5.41, 5.74) is 1.08. The summed E-state index contributed by atoms with van der Waals surface area (Å²) in [7, 11) is 2.12. The first-order valence-electron chi connectivity index (χ1n) is 5.08. The maximum absolute atomic E-state index is 5.72. The van der Waals surface area contributed by atoms with E-state index in [1.165, 1.54) is 4.88 Å². The number of nitrogens with zero attached hydrogens (tertiary/aromatic N) is 1. The minimum Gasteiger partial charge on any atom is -0.299 e. The van der Waals surface area contributed by atoms with Crippen LogP contribution < -0.4 is 0 Å². The molecule has 1 aromatic rings. The molecular formula is C12H18ClNS. The van der Waals surface area contributed by atoms with Crippen LogP contribution >= 0.6 is 22.9 Å². The first-order chi connectivity index (χ1) is 7.13. The molecule has 0 N–H and O–H groups in total. The Bertz CT molecular complexity index is 295. The van der Waals surface area contributed by atoms with Gasteiger partial charge >= 0.3 is 0 Å². The van der Waals surface area contributed by atoms with Gasteiger partial charge in [-0.25, -0.2) is 0 Å². The van der Waals surface area contributed by atoms with Crippen molar-refractivity contribution in [3.05, 3.63) is 34.5 Å². The number of halogens is 1. The lowest BCUT2D eigenvalue weighted by atomic mass is 10.1. The molecule has 0 aromatic carbocycles. The van der Waals surface area contributed by atoms with Gasteiger partial charge in [-0.3, -0.25) is 4.90 Å². The van der Waals surface area contributed by atoms with Gasteiger partial charge in [-0.15, -0.1) is 22.9 Å².